The van der Waals surface area contributed by atoms with Crippen LogP contribution in [-0.4, -0.2) is 38.4 Å². The minimum atomic E-state index is -0.256. The number of thiazole rings is 1. The molecule has 3 aromatic heterocycles. The van der Waals surface area contributed by atoms with Crippen molar-refractivity contribution in [3.8, 4) is 11.3 Å². The van der Waals surface area contributed by atoms with Crippen molar-refractivity contribution in [2.75, 3.05) is 12.4 Å². The SMILES string of the molecule is Cc1cc(-c2csc(NC(=O)N(C)Cc3cn[nH]n3)n2)c(C)o1. The lowest BCUT2D eigenvalue weighted by Crippen LogP contribution is -2.30. The number of hydrogen-bond donors (Lipinski definition) is 2. The van der Waals surface area contributed by atoms with Crippen LogP contribution in [0.25, 0.3) is 11.3 Å². The molecular formula is C14H16N6O2S. The Balaban J connectivity index is 1.66. The fourth-order valence-corrected chi connectivity index (χ4v) is 2.84. The van der Waals surface area contributed by atoms with Crippen molar-refractivity contribution in [2.24, 2.45) is 0 Å². The smallest absolute Gasteiger partial charge is 0.323 e. The Labute approximate surface area is 136 Å². The Hall–Kier alpha value is -2.68. The van der Waals surface area contributed by atoms with Crippen molar-refractivity contribution in [3.05, 3.63) is 34.9 Å². The van der Waals surface area contributed by atoms with Gasteiger partial charge in [-0.15, -0.1) is 11.3 Å². The Morgan fingerprint density at radius 1 is 1.48 bits per heavy atom. The van der Waals surface area contributed by atoms with E-state index in [1.165, 1.54) is 16.2 Å². The summed E-state index contributed by atoms with van der Waals surface area (Å²) in [6.07, 6.45) is 1.58. The van der Waals surface area contributed by atoms with E-state index < -0.39 is 0 Å². The minimum absolute atomic E-state index is 0.256. The van der Waals surface area contributed by atoms with Crippen LogP contribution in [0.15, 0.2) is 22.1 Å². The van der Waals surface area contributed by atoms with Crippen molar-refractivity contribution in [2.45, 2.75) is 20.4 Å². The second-order valence-electron chi connectivity index (χ2n) is 5.11. The zero-order chi connectivity index (χ0) is 16.4. The van der Waals surface area contributed by atoms with Gasteiger partial charge in [-0.1, -0.05) is 0 Å². The standard InChI is InChI=1S/C14H16N6O2S/c1-8-4-11(9(2)22-8)12-7-23-13(16-12)17-14(21)20(3)6-10-5-15-19-18-10/h4-5,7H,6H2,1-3H3,(H,15,18,19)(H,16,17,21). The zero-order valence-electron chi connectivity index (χ0n) is 13.0. The fourth-order valence-electron chi connectivity index (χ4n) is 2.14. The number of carbonyl (C=O) groups is 1. The average Bonchev–Trinajstić information content (AvgIpc) is 3.21. The zero-order valence-corrected chi connectivity index (χ0v) is 13.8. The lowest BCUT2D eigenvalue weighted by molar-refractivity contribution is 0.220. The molecule has 0 bridgehead atoms. The Morgan fingerprint density at radius 2 is 2.30 bits per heavy atom. The van der Waals surface area contributed by atoms with Crippen LogP contribution in [0.4, 0.5) is 9.93 Å². The van der Waals surface area contributed by atoms with Gasteiger partial charge in [0.1, 0.15) is 17.2 Å². The van der Waals surface area contributed by atoms with E-state index in [4.69, 9.17) is 4.42 Å². The van der Waals surface area contributed by atoms with Gasteiger partial charge in [0.2, 0.25) is 0 Å². The molecule has 0 saturated carbocycles. The number of aryl methyl sites for hydroxylation is 2. The molecule has 23 heavy (non-hydrogen) atoms. The van der Waals surface area contributed by atoms with Crippen LogP contribution in [0.5, 0.6) is 0 Å². The summed E-state index contributed by atoms with van der Waals surface area (Å²) in [5.74, 6) is 1.65. The summed E-state index contributed by atoms with van der Waals surface area (Å²) in [5, 5.41) is 15.4. The number of furan rings is 1. The molecule has 0 aliphatic rings. The number of urea groups is 1. The van der Waals surface area contributed by atoms with Gasteiger partial charge in [-0.05, 0) is 19.9 Å². The molecule has 9 heteroatoms. The number of rotatable bonds is 4. The highest BCUT2D eigenvalue weighted by molar-refractivity contribution is 7.14. The number of hydrogen-bond acceptors (Lipinski definition) is 6. The monoisotopic (exact) mass is 332 g/mol. The third kappa shape index (κ3) is 3.39. The predicted octanol–water partition coefficient (Wildman–Crippen LogP) is 2.80. The highest BCUT2D eigenvalue weighted by Crippen LogP contribution is 2.29. The second kappa shape index (κ2) is 6.21. The third-order valence-electron chi connectivity index (χ3n) is 3.25. The van der Waals surface area contributed by atoms with Gasteiger partial charge in [0.25, 0.3) is 0 Å². The molecule has 0 fully saturated rings. The number of anilines is 1. The molecule has 0 spiro atoms. The van der Waals surface area contributed by atoms with Gasteiger partial charge >= 0.3 is 6.03 Å². The van der Waals surface area contributed by atoms with Gasteiger partial charge in [0, 0.05) is 18.0 Å². The number of aromatic nitrogens is 4. The molecule has 8 nitrogen and oxygen atoms in total. The van der Waals surface area contributed by atoms with E-state index in [9.17, 15) is 4.79 Å². The van der Waals surface area contributed by atoms with Gasteiger partial charge in [-0.3, -0.25) is 5.32 Å². The topological polar surface area (TPSA) is 99.9 Å². The maximum atomic E-state index is 12.2. The number of H-pyrrole nitrogens is 1. The van der Waals surface area contributed by atoms with Crippen LogP contribution in [0.2, 0.25) is 0 Å². The first-order chi connectivity index (χ1) is 11.0. The largest absolute Gasteiger partial charge is 0.466 e. The molecule has 0 aromatic carbocycles. The molecule has 0 atom stereocenters. The normalized spacial score (nSPS) is 10.7. The van der Waals surface area contributed by atoms with Crippen LogP contribution < -0.4 is 5.32 Å². The Bertz CT molecular complexity index is 807. The molecule has 3 heterocycles. The molecule has 0 saturated heterocycles. The van der Waals surface area contributed by atoms with Crippen LogP contribution in [0.3, 0.4) is 0 Å². The summed E-state index contributed by atoms with van der Waals surface area (Å²) in [5.41, 5.74) is 2.42. The van der Waals surface area contributed by atoms with Gasteiger partial charge in [-0.25, -0.2) is 9.78 Å². The quantitative estimate of drug-likeness (QED) is 0.765. The summed E-state index contributed by atoms with van der Waals surface area (Å²) in [6, 6.07) is 1.68. The van der Waals surface area contributed by atoms with Gasteiger partial charge in [0.15, 0.2) is 5.13 Å². The van der Waals surface area contributed by atoms with Crippen molar-refractivity contribution < 1.29 is 9.21 Å². The van der Waals surface area contributed by atoms with Crippen LogP contribution in [0, 0.1) is 13.8 Å². The first-order valence-electron chi connectivity index (χ1n) is 6.92. The van der Waals surface area contributed by atoms with E-state index in [0.717, 1.165) is 22.8 Å². The van der Waals surface area contributed by atoms with Crippen molar-refractivity contribution in [1.29, 1.82) is 0 Å². The Morgan fingerprint density at radius 3 is 2.96 bits per heavy atom. The van der Waals surface area contributed by atoms with Gasteiger partial charge in [0.05, 0.1) is 18.4 Å². The van der Waals surface area contributed by atoms with E-state index in [-0.39, 0.29) is 6.03 Å². The summed E-state index contributed by atoms with van der Waals surface area (Å²) >= 11 is 1.37. The fraction of sp³-hybridized carbons (Fsp3) is 0.286. The molecule has 2 amide bonds. The summed E-state index contributed by atoms with van der Waals surface area (Å²) in [6.45, 7) is 4.15. The van der Waals surface area contributed by atoms with Crippen molar-refractivity contribution in [1.82, 2.24) is 25.3 Å². The summed E-state index contributed by atoms with van der Waals surface area (Å²) < 4.78 is 5.51. The summed E-state index contributed by atoms with van der Waals surface area (Å²) in [7, 11) is 1.68. The molecule has 2 N–H and O–H groups in total. The lowest BCUT2D eigenvalue weighted by Gasteiger charge is -2.15. The molecule has 0 aliphatic heterocycles. The van der Waals surface area contributed by atoms with E-state index >= 15 is 0 Å². The van der Waals surface area contributed by atoms with Crippen LogP contribution in [0.1, 0.15) is 17.2 Å². The van der Waals surface area contributed by atoms with Gasteiger partial charge < -0.3 is 9.32 Å². The van der Waals surface area contributed by atoms with E-state index in [0.29, 0.717) is 17.4 Å². The third-order valence-corrected chi connectivity index (χ3v) is 4.00. The number of carbonyl (C=O) groups excluding carboxylic acids is 1. The van der Waals surface area contributed by atoms with E-state index in [1.807, 2.05) is 25.3 Å². The summed E-state index contributed by atoms with van der Waals surface area (Å²) in [4.78, 5) is 18.1. The average molecular weight is 332 g/mol. The van der Waals surface area contributed by atoms with Crippen LogP contribution >= 0.6 is 11.3 Å². The molecular weight excluding hydrogens is 316 g/mol. The van der Waals surface area contributed by atoms with Gasteiger partial charge in [-0.2, -0.15) is 15.4 Å². The molecule has 3 aromatic rings. The first-order valence-corrected chi connectivity index (χ1v) is 7.80. The second-order valence-corrected chi connectivity index (χ2v) is 5.97. The van der Waals surface area contributed by atoms with E-state index in [2.05, 4.69) is 25.7 Å². The highest BCUT2D eigenvalue weighted by atomic mass is 32.1. The lowest BCUT2D eigenvalue weighted by atomic mass is 10.2. The van der Waals surface area contributed by atoms with Crippen LogP contribution in [-0.2, 0) is 6.54 Å². The molecule has 0 unspecified atom stereocenters. The van der Waals surface area contributed by atoms with Crippen molar-refractivity contribution in [3.63, 3.8) is 0 Å². The van der Waals surface area contributed by atoms with E-state index in [1.54, 1.807) is 13.2 Å². The molecule has 0 aliphatic carbocycles. The number of aromatic amines is 1. The maximum absolute atomic E-state index is 12.2. The molecule has 120 valence electrons. The minimum Gasteiger partial charge on any atom is -0.466 e. The number of nitrogens with one attached hydrogen (secondary N) is 2. The number of amides is 2. The maximum Gasteiger partial charge on any atom is 0.323 e. The number of nitrogens with zero attached hydrogens (tertiary/aromatic N) is 4. The predicted molar refractivity (Wildman–Crippen MR) is 86.2 cm³/mol. The molecule has 3 rings (SSSR count). The first kappa shape index (κ1) is 15.2. The van der Waals surface area contributed by atoms with Crippen molar-refractivity contribution >= 4 is 22.5 Å². The Kier molecular flexibility index (Phi) is 4.11. The highest BCUT2D eigenvalue weighted by Gasteiger charge is 2.15. The molecule has 0 radical (unpaired) electrons.